The quantitative estimate of drug-likeness (QED) is 0.730. The van der Waals surface area contributed by atoms with E-state index >= 15 is 0 Å². The van der Waals surface area contributed by atoms with E-state index in [4.69, 9.17) is 11.6 Å². The Labute approximate surface area is 121 Å². The first-order chi connectivity index (χ1) is 9.05. The maximum absolute atomic E-state index is 12.7. The SMILES string of the molecule is CN1CCCN(S(=O)(=O)N2CCCCC2CCl)CC1. The Balaban J connectivity index is 2.11. The van der Waals surface area contributed by atoms with Crippen LogP contribution in [0.15, 0.2) is 0 Å². The van der Waals surface area contributed by atoms with Gasteiger partial charge < -0.3 is 4.90 Å². The van der Waals surface area contributed by atoms with Gasteiger partial charge in [0.2, 0.25) is 0 Å². The third kappa shape index (κ3) is 3.61. The summed E-state index contributed by atoms with van der Waals surface area (Å²) >= 11 is 5.94. The van der Waals surface area contributed by atoms with Gasteiger partial charge in [-0.25, -0.2) is 0 Å². The second kappa shape index (κ2) is 6.72. The molecule has 0 aromatic carbocycles. The Bertz CT molecular complexity index is 390. The number of hydrogen-bond acceptors (Lipinski definition) is 3. The van der Waals surface area contributed by atoms with E-state index in [-0.39, 0.29) is 6.04 Å². The molecule has 0 aromatic rings. The van der Waals surface area contributed by atoms with E-state index < -0.39 is 10.2 Å². The summed E-state index contributed by atoms with van der Waals surface area (Å²) in [6.07, 6.45) is 3.80. The number of nitrogens with zero attached hydrogens (tertiary/aromatic N) is 3. The Morgan fingerprint density at radius 2 is 1.84 bits per heavy atom. The number of piperidine rings is 1. The van der Waals surface area contributed by atoms with Crippen LogP contribution in [0, 0.1) is 0 Å². The minimum atomic E-state index is -3.34. The normalized spacial score (nSPS) is 29.3. The van der Waals surface area contributed by atoms with Gasteiger partial charge in [0.05, 0.1) is 0 Å². The molecule has 0 saturated carbocycles. The monoisotopic (exact) mass is 309 g/mol. The Morgan fingerprint density at radius 3 is 2.58 bits per heavy atom. The van der Waals surface area contributed by atoms with Gasteiger partial charge in [-0.1, -0.05) is 6.42 Å². The predicted octanol–water partition coefficient (Wildman–Crippen LogP) is 0.962. The molecule has 19 heavy (non-hydrogen) atoms. The van der Waals surface area contributed by atoms with Gasteiger partial charge in [0.15, 0.2) is 0 Å². The van der Waals surface area contributed by atoms with Crippen molar-refractivity contribution in [3.05, 3.63) is 0 Å². The number of rotatable bonds is 3. The van der Waals surface area contributed by atoms with Crippen LogP contribution in [0.1, 0.15) is 25.7 Å². The lowest BCUT2D eigenvalue weighted by atomic mass is 10.1. The lowest BCUT2D eigenvalue weighted by molar-refractivity contribution is 0.246. The molecule has 2 saturated heterocycles. The van der Waals surface area contributed by atoms with Crippen LogP contribution in [0.5, 0.6) is 0 Å². The highest BCUT2D eigenvalue weighted by molar-refractivity contribution is 7.86. The van der Waals surface area contributed by atoms with E-state index in [1.807, 2.05) is 7.05 Å². The molecule has 0 bridgehead atoms. The van der Waals surface area contributed by atoms with Crippen molar-refractivity contribution in [1.29, 1.82) is 0 Å². The number of halogens is 1. The van der Waals surface area contributed by atoms with Gasteiger partial charge >= 0.3 is 0 Å². The van der Waals surface area contributed by atoms with Crippen molar-refractivity contribution in [2.24, 2.45) is 0 Å². The summed E-state index contributed by atoms with van der Waals surface area (Å²) < 4.78 is 28.8. The fourth-order valence-corrected chi connectivity index (χ4v) is 5.12. The zero-order valence-electron chi connectivity index (χ0n) is 11.6. The molecule has 0 spiro atoms. The van der Waals surface area contributed by atoms with E-state index in [1.165, 1.54) is 0 Å². The molecule has 0 aromatic heterocycles. The molecule has 2 aliphatic rings. The highest BCUT2D eigenvalue weighted by Gasteiger charge is 2.36. The van der Waals surface area contributed by atoms with Gasteiger partial charge in [-0.05, 0) is 32.9 Å². The van der Waals surface area contributed by atoms with Crippen molar-refractivity contribution in [1.82, 2.24) is 13.5 Å². The van der Waals surface area contributed by atoms with Crippen molar-refractivity contribution in [3.63, 3.8) is 0 Å². The van der Waals surface area contributed by atoms with E-state index in [9.17, 15) is 8.42 Å². The fraction of sp³-hybridized carbons (Fsp3) is 1.00. The minimum absolute atomic E-state index is 0.0265. The maximum Gasteiger partial charge on any atom is 0.282 e. The Kier molecular flexibility index (Phi) is 5.48. The second-order valence-corrected chi connectivity index (χ2v) is 7.67. The summed E-state index contributed by atoms with van der Waals surface area (Å²) in [5.41, 5.74) is 0. The molecule has 7 heteroatoms. The van der Waals surface area contributed by atoms with Crippen LogP contribution in [0.25, 0.3) is 0 Å². The van der Waals surface area contributed by atoms with Crippen molar-refractivity contribution >= 4 is 21.8 Å². The van der Waals surface area contributed by atoms with E-state index in [0.717, 1.165) is 38.8 Å². The third-order valence-electron chi connectivity index (χ3n) is 4.05. The molecule has 2 fully saturated rings. The van der Waals surface area contributed by atoms with Crippen LogP contribution in [0.4, 0.5) is 0 Å². The zero-order chi connectivity index (χ0) is 13.9. The van der Waals surface area contributed by atoms with Crippen LogP contribution < -0.4 is 0 Å². The van der Waals surface area contributed by atoms with Gasteiger partial charge in [0, 0.05) is 38.1 Å². The van der Waals surface area contributed by atoms with Crippen molar-refractivity contribution < 1.29 is 8.42 Å². The largest absolute Gasteiger partial charge is 0.305 e. The molecule has 0 aliphatic carbocycles. The molecule has 112 valence electrons. The van der Waals surface area contributed by atoms with Crippen molar-refractivity contribution in [3.8, 4) is 0 Å². The summed E-state index contributed by atoms with van der Waals surface area (Å²) in [5, 5.41) is 0. The predicted molar refractivity (Wildman–Crippen MR) is 77.7 cm³/mol. The maximum atomic E-state index is 12.7. The first-order valence-corrected chi connectivity index (χ1v) is 9.00. The highest BCUT2D eigenvalue weighted by atomic mass is 35.5. The van der Waals surface area contributed by atoms with Gasteiger partial charge in [0.1, 0.15) is 0 Å². The first kappa shape index (κ1) is 15.5. The Hall–Kier alpha value is 0.120. The van der Waals surface area contributed by atoms with Crippen molar-refractivity contribution in [2.45, 2.75) is 31.7 Å². The molecule has 2 aliphatic heterocycles. The van der Waals surface area contributed by atoms with Crippen LogP contribution >= 0.6 is 11.6 Å². The van der Waals surface area contributed by atoms with E-state index in [1.54, 1.807) is 8.61 Å². The molecule has 1 atom stereocenters. The topological polar surface area (TPSA) is 43.9 Å². The highest BCUT2D eigenvalue weighted by Crippen LogP contribution is 2.24. The molecular formula is C12H24ClN3O2S. The van der Waals surface area contributed by atoms with E-state index in [0.29, 0.717) is 25.5 Å². The zero-order valence-corrected chi connectivity index (χ0v) is 13.2. The third-order valence-corrected chi connectivity index (χ3v) is 6.50. The van der Waals surface area contributed by atoms with Crippen LogP contribution in [-0.4, -0.2) is 73.6 Å². The molecule has 0 N–H and O–H groups in total. The average Bonchev–Trinajstić information content (AvgIpc) is 2.64. The fourth-order valence-electron chi connectivity index (χ4n) is 2.83. The summed E-state index contributed by atoms with van der Waals surface area (Å²) in [5.74, 6) is 0.396. The standard InChI is InChI=1S/C12H24ClN3O2S/c1-14-6-4-7-15(10-9-14)19(17,18)16-8-3-2-5-12(16)11-13/h12H,2-11H2,1H3. The summed E-state index contributed by atoms with van der Waals surface area (Å²) in [6.45, 7) is 3.60. The van der Waals surface area contributed by atoms with Crippen LogP contribution in [0.3, 0.4) is 0 Å². The molecule has 0 amide bonds. The number of alkyl halides is 1. The summed E-state index contributed by atoms with van der Waals surface area (Å²) in [4.78, 5) is 2.19. The van der Waals surface area contributed by atoms with E-state index in [2.05, 4.69) is 4.90 Å². The molecule has 1 unspecified atom stereocenters. The van der Waals surface area contributed by atoms with Gasteiger partial charge in [-0.15, -0.1) is 11.6 Å². The number of hydrogen-bond donors (Lipinski definition) is 0. The first-order valence-electron chi connectivity index (χ1n) is 7.07. The van der Waals surface area contributed by atoms with Crippen LogP contribution in [-0.2, 0) is 10.2 Å². The molecule has 2 rings (SSSR count). The number of likely N-dealkylation sites (N-methyl/N-ethyl adjacent to an activating group) is 1. The smallest absolute Gasteiger partial charge is 0.282 e. The second-order valence-electron chi connectivity index (χ2n) is 5.48. The summed E-state index contributed by atoms with van der Waals surface area (Å²) in [6, 6.07) is -0.0265. The molecular weight excluding hydrogens is 286 g/mol. The molecule has 0 radical (unpaired) electrons. The molecule has 2 heterocycles. The van der Waals surface area contributed by atoms with Gasteiger partial charge in [0.25, 0.3) is 10.2 Å². The van der Waals surface area contributed by atoms with Crippen molar-refractivity contribution in [2.75, 3.05) is 45.7 Å². The lowest BCUT2D eigenvalue weighted by Gasteiger charge is -2.36. The lowest BCUT2D eigenvalue weighted by Crippen LogP contribution is -2.52. The molecule has 5 nitrogen and oxygen atoms in total. The van der Waals surface area contributed by atoms with Gasteiger partial charge in [-0.2, -0.15) is 17.0 Å². The minimum Gasteiger partial charge on any atom is -0.305 e. The Morgan fingerprint density at radius 1 is 1.05 bits per heavy atom. The van der Waals surface area contributed by atoms with Gasteiger partial charge in [-0.3, -0.25) is 0 Å². The average molecular weight is 310 g/mol. The van der Waals surface area contributed by atoms with Crippen LogP contribution in [0.2, 0.25) is 0 Å². The summed E-state index contributed by atoms with van der Waals surface area (Å²) in [7, 11) is -1.30.